The van der Waals surface area contributed by atoms with Crippen molar-refractivity contribution in [2.75, 3.05) is 5.32 Å². The smallest absolute Gasteiger partial charge is 0.283 e. The summed E-state index contributed by atoms with van der Waals surface area (Å²) in [4.78, 5) is 27.8. The minimum absolute atomic E-state index is 0.0141. The number of pyridine rings is 1. The molecule has 3 heterocycles. The lowest BCUT2D eigenvalue weighted by molar-refractivity contribution is -0.117. The van der Waals surface area contributed by atoms with Crippen LogP contribution in [0.5, 0.6) is 0 Å². The number of thiophene rings is 1. The summed E-state index contributed by atoms with van der Waals surface area (Å²) in [5.41, 5.74) is 2.61. The Kier molecular flexibility index (Phi) is 6.64. The number of rotatable bonds is 7. The number of aryl methyl sites for hydroxylation is 1. The Balaban J connectivity index is 2.02. The molecule has 7 nitrogen and oxygen atoms in total. The Hall–Kier alpha value is -2.87. The highest BCUT2D eigenvalue weighted by molar-refractivity contribution is 7.21. The average Bonchev–Trinajstić information content (AvgIpc) is 3.19. The summed E-state index contributed by atoms with van der Waals surface area (Å²) in [6.07, 6.45) is -9.46. The van der Waals surface area contributed by atoms with Crippen molar-refractivity contribution in [2.45, 2.75) is 32.7 Å². The van der Waals surface area contributed by atoms with Gasteiger partial charge in [0.25, 0.3) is 25.2 Å². The van der Waals surface area contributed by atoms with Crippen LogP contribution in [0.1, 0.15) is 51.6 Å². The van der Waals surface area contributed by atoms with E-state index in [2.05, 4.69) is 15.4 Å². The second-order valence-corrected chi connectivity index (χ2v) is 7.78. The first-order valence-corrected chi connectivity index (χ1v) is 9.76. The fraction of sp³-hybridized carbons (Fsp3) is 0.294. The molecule has 3 rings (SSSR count). The van der Waals surface area contributed by atoms with Gasteiger partial charge in [0.2, 0.25) is 5.91 Å². The van der Waals surface area contributed by atoms with E-state index in [1.807, 2.05) is 0 Å². The van der Waals surface area contributed by atoms with Crippen molar-refractivity contribution < 1.29 is 35.9 Å². The van der Waals surface area contributed by atoms with E-state index in [0.717, 1.165) is 6.07 Å². The van der Waals surface area contributed by atoms with Crippen LogP contribution in [0.4, 0.5) is 32.0 Å². The van der Waals surface area contributed by atoms with Gasteiger partial charge >= 0.3 is 0 Å². The van der Waals surface area contributed by atoms with Gasteiger partial charge < -0.3 is 11.1 Å². The topological polar surface area (TPSA) is 103 Å². The lowest BCUT2D eigenvalue weighted by Gasteiger charge is -2.10. The summed E-state index contributed by atoms with van der Waals surface area (Å²) in [6.45, 7) is 0.476. The number of carbonyl (C=O) groups is 2. The second-order valence-electron chi connectivity index (χ2n) is 6.41. The van der Waals surface area contributed by atoms with E-state index in [4.69, 9.17) is 17.3 Å². The highest BCUT2D eigenvalue weighted by Crippen LogP contribution is 2.39. The third kappa shape index (κ3) is 4.37. The Labute approximate surface area is 184 Å². The summed E-state index contributed by atoms with van der Waals surface area (Å²) in [5.74, 6) is -2.04. The van der Waals surface area contributed by atoms with Crippen LogP contribution in [0, 0.1) is 6.92 Å². The lowest BCUT2D eigenvalue weighted by atomic mass is 10.1. The van der Waals surface area contributed by atoms with E-state index < -0.39 is 59.7 Å². The zero-order chi connectivity index (χ0) is 23.9. The molecule has 3 aromatic heterocycles. The maximum absolute atomic E-state index is 13.3. The molecule has 0 spiro atoms. The number of aromatic nitrogens is 3. The van der Waals surface area contributed by atoms with Gasteiger partial charge in [0, 0.05) is 5.39 Å². The third-order valence-corrected chi connectivity index (χ3v) is 5.74. The van der Waals surface area contributed by atoms with Gasteiger partial charge in [-0.15, -0.1) is 11.3 Å². The van der Waals surface area contributed by atoms with E-state index in [-0.39, 0.29) is 26.3 Å². The highest BCUT2D eigenvalue weighted by atomic mass is 35.5. The zero-order valence-corrected chi connectivity index (χ0v) is 17.4. The fourth-order valence-corrected chi connectivity index (χ4v) is 4.33. The number of carbonyl (C=O) groups excluding carboxylic acids is 2. The van der Waals surface area contributed by atoms with Crippen molar-refractivity contribution in [3.63, 3.8) is 0 Å². The van der Waals surface area contributed by atoms with Crippen LogP contribution in [0.25, 0.3) is 10.2 Å². The molecule has 0 aliphatic rings. The van der Waals surface area contributed by atoms with Gasteiger partial charge in [-0.2, -0.15) is 5.10 Å². The number of alkyl halides is 6. The molecule has 0 aliphatic carbocycles. The summed E-state index contributed by atoms with van der Waals surface area (Å²) in [5, 5.41) is 4.73. The number of hydrogen-bond donors (Lipinski definition) is 2. The summed E-state index contributed by atoms with van der Waals surface area (Å²) in [6, 6.07) is 1.05. The Morgan fingerprint density at radius 2 is 1.84 bits per heavy atom. The molecule has 32 heavy (non-hydrogen) atoms. The predicted octanol–water partition coefficient (Wildman–Crippen LogP) is 5.01. The normalized spacial score (nSPS) is 11.8. The SMILES string of the molecule is Cc1cc(C(F)F)nc2sc(C(N)=O)c(NC(=O)Cn3nc(C(F)F)c(Cl)c3C(F)F)c12. The molecule has 172 valence electrons. The van der Waals surface area contributed by atoms with Crippen LogP contribution in [0.3, 0.4) is 0 Å². The van der Waals surface area contributed by atoms with Crippen LogP contribution >= 0.6 is 22.9 Å². The van der Waals surface area contributed by atoms with E-state index in [1.165, 1.54) is 6.92 Å². The first-order valence-electron chi connectivity index (χ1n) is 8.56. The Morgan fingerprint density at radius 1 is 1.19 bits per heavy atom. The Morgan fingerprint density at radius 3 is 2.38 bits per heavy atom. The van der Waals surface area contributed by atoms with Crippen molar-refractivity contribution in [1.29, 1.82) is 0 Å². The molecule has 0 aromatic carbocycles. The molecule has 0 radical (unpaired) electrons. The van der Waals surface area contributed by atoms with E-state index in [1.54, 1.807) is 0 Å². The molecular weight excluding hydrogens is 488 g/mol. The van der Waals surface area contributed by atoms with Gasteiger partial charge in [-0.05, 0) is 18.6 Å². The van der Waals surface area contributed by atoms with Gasteiger partial charge in [-0.3, -0.25) is 14.3 Å². The minimum Gasteiger partial charge on any atom is -0.365 e. The summed E-state index contributed by atoms with van der Waals surface area (Å²) in [7, 11) is 0. The molecule has 2 amide bonds. The quantitative estimate of drug-likeness (QED) is 0.446. The van der Waals surface area contributed by atoms with Gasteiger partial charge in [-0.1, -0.05) is 11.6 Å². The minimum atomic E-state index is -3.31. The number of nitrogens with zero attached hydrogens (tertiary/aromatic N) is 3. The van der Waals surface area contributed by atoms with Crippen LogP contribution in [-0.4, -0.2) is 26.6 Å². The lowest BCUT2D eigenvalue weighted by Crippen LogP contribution is -2.23. The van der Waals surface area contributed by atoms with Crippen molar-refractivity contribution in [3.8, 4) is 0 Å². The molecule has 0 unspecified atom stereocenters. The van der Waals surface area contributed by atoms with E-state index in [0.29, 0.717) is 16.0 Å². The number of nitrogens with two attached hydrogens (primary N) is 1. The largest absolute Gasteiger partial charge is 0.365 e. The predicted molar refractivity (Wildman–Crippen MR) is 104 cm³/mol. The van der Waals surface area contributed by atoms with Gasteiger partial charge in [0.05, 0.1) is 10.7 Å². The number of hydrogen-bond acceptors (Lipinski definition) is 5. The maximum atomic E-state index is 13.3. The van der Waals surface area contributed by atoms with Crippen LogP contribution in [0.2, 0.25) is 5.02 Å². The van der Waals surface area contributed by atoms with Gasteiger partial charge in [-0.25, -0.2) is 31.3 Å². The molecule has 0 bridgehead atoms. The number of amides is 2. The number of primary amides is 1. The third-order valence-electron chi connectivity index (χ3n) is 4.25. The summed E-state index contributed by atoms with van der Waals surface area (Å²) >= 11 is 6.20. The van der Waals surface area contributed by atoms with Crippen LogP contribution < -0.4 is 11.1 Å². The first kappa shape index (κ1) is 23.8. The molecule has 0 saturated carbocycles. The monoisotopic (exact) mass is 499 g/mol. The molecule has 3 aromatic rings. The van der Waals surface area contributed by atoms with Crippen molar-refractivity contribution >= 4 is 50.7 Å². The molecule has 0 fully saturated rings. The van der Waals surface area contributed by atoms with Gasteiger partial charge in [0.1, 0.15) is 33.3 Å². The number of anilines is 1. The molecule has 3 N–H and O–H groups in total. The molecule has 0 saturated heterocycles. The van der Waals surface area contributed by atoms with Gasteiger partial charge in [0.15, 0.2) is 0 Å². The summed E-state index contributed by atoms with van der Waals surface area (Å²) < 4.78 is 78.9. The molecular formula is C17H12ClF6N5O2S. The molecule has 15 heteroatoms. The van der Waals surface area contributed by atoms with Crippen molar-refractivity contribution in [2.24, 2.45) is 5.73 Å². The molecule has 0 aliphatic heterocycles. The van der Waals surface area contributed by atoms with Crippen LogP contribution in [0.15, 0.2) is 6.07 Å². The number of fused-ring (bicyclic) bond motifs is 1. The molecule has 0 atom stereocenters. The van der Waals surface area contributed by atoms with E-state index in [9.17, 15) is 35.9 Å². The number of nitrogens with one attached hydrogen (secondary N) is 1. The number of halogens is 7. The highest BCUT2D eigenvalue weighted by Gasteiger charge is 2.29. The fourth-order valence-electron chi connectivity index (χ4n) is 2.97. The van der Waals surface area contributed by atoms with Crippen LogP contribution in [-0.2, 0) is 11.3 Å². The second kappa shape index (κ2) is 8.94. The maximum Gasteiger partial charge on any atom is 0.283 e. The zero-order valence-electron chi connectivity index (χ0n) is 15.8. The van der Waals surface area contributed by atoms with Crippen molar-refractivity contribution in [3.05, 3.63) is 38.6 Å². The first-order chi connectivity index (χ1) is 14.9. The Bertz CT molecular complexity index is 1210. The standard InChI is InChI=1S/C17H12ClF6N5O2S/c1-4-2-5(13(19)20)26-17-7(4)9(12(32-17)16(25)31)27-6(30)3-29-11(15(23)24)8(18)10(28-29)14(21)22/h2,13-15H,3H2,1H3,(H2,25,31)(H,27,30). The average molecular weight is 500 g/mol. The van der Waals surface area contributed by atoms with Crippen molar-refractivity contribution in [1.82, 2.24) is 14.8 Å². The van der Waals surface area contributed by atoms with E-state index >= 15 is 0 Å².